The minimum Gasteiger partial charge on any atom is -0.354 e. The molecular formula is C15H14N4. The number of anilines is 1. The number of hydrogen-bond donors (Lipinski definition) is 0. The van der Waals surface area contributed by atoms with E-state index in [9.17, 15) is 0 Å². The van der Waals surface area contributed by atoms with Crippen LogP contribution in [-0.4, -0.2) is 23.1 Å². The van der Waals surface area contributed by atoms with Crippen molar-refractivity contribution < 1.29 is 0 Å². The van der Waals surface area contributed by atoms with Gasteiger partial charge in [-0.3, -0.25) is 0 Å². The van der Waals surface area contributed by atoms with Crippen LogP contribution < -0.4 is 4.90 Å². The maximum Gasteiger partial charge on any atom is 0.183 e. The SMILES string of the molecule is N#Cc1nccnc1N1CCc2ccccc2CC1. The molecule has 0 saturated heterocycles. The summed E-state index contributed by atoms with van der Waals surface area (Å²) < 4.78 is 0. The van der Waals surface area contributed by atoms with E-state index < -0.39 is 0 Å². The Labute approximate surface area is 112 Å². The molecule has 0 bridgehead atoms. The van der Waals surface area contributed by atoms with Gasteiger partial charge in [0, 0.05) is 25.5 Å². The third kappa shape index (κ3) is 2.27. The van der Waals surface area contributed by atoms with Gasteiger partial charge in [0.05, 0.1) is 0 Å². The summed E-state index contributed by atoms with van der Waals surface area (Å²) in [6.45, 7) is 1.76. The topological polar surface area (TPSA) is 52.8 Å². The number of nitriles is 1. The van der Waals surface area contributed by atoms with Crippen molar-refractivity contribution in [1.82, 2.24) is 9.97 Å². The first-order valence-corrected chi connectivity index (χ1v) is 6.41. The lowest BCUT2D eigenvalue weighted by Crippen LogP contribution is -2.28. The standard InChI is InChI=1S/C15H14N4/c16-11-14-15(18-8-7-17-14)19-9-5-12-3-1-2-4-13(12)6-10-19/h1-4,7-8H,5-6,9-10H2. The molecule has 0 radical (unpaired) electrons. The smallest absolute Gasteiger partial charge is 0.183 e. The third-order valence-corrected chi connectivity index (χ3v) is 3.50. The van der Waals surface area contributed by atoms with Gasteiger partial charge < -0.3 is 4.90 Å². The molecule has 4 nitrogen and oxygen atoms in total. The van der Waals surface area contributed by atoms with Crippen LogP contribution in [0.15, 0.2) is 36.7 Å². The molecule has 0 saturated carbocycles. The van der Waals surface area contributed by atoms with E-state index in [-0.39, 0.29) is 0 Å². The quantitative estimate of drug-likeness (QED) is 0.776. The Bertz CT molecular complexity index is 603. The molecule has 0 atom stereocenters. The molecule has 0 spiro atoms. The molecule has 2 aromatic rings. The summed E-state index contributed by atoms with van der Waals surface area (Å²) in [5.74, 6) is 0.706. The third-order valence-electron chi connectivity index (χ3n) is 3.50. The lowest BCUT2D eigenvalue weighted by molar-refractivity contribution is 0.784. The average Bonchev–Trinajstić information content (AvgIpc) is 2.70. The highest BCUT2D eigenvalue weighted by molar-refractivity contribution is 5.50. The Morgan fingerprint density at radius 3 is 2.26 bits per heavy atom. The van der Waals surface area contributed by atoms with Crippen molar-refractivity contribution in [3.8, 4) is 6.07 Å². The first kappa shape index (κ1) is 11.7. The fourth-order valence-electron chi connectivity index (χ4n) is 2.52. The van der Waals surface area contributed by atoms with Crippen LogP contribution in [0, 0.1) is 11.3 Å². The van der Waals surface area contributed by atoms with Gasteiger partial charge in [0.25, 0.3) is 0 Å². The Kier molecular flexibility index (Phi) is 3.11. The normalized spacial score (nSPS) is 14.4. The zero-order valence-corrected chi connectivity index (χ0v) is 10.6. The second-order valence-corrected chi connectivity index (χ2v) is 4.60. The zero-order valence-electron chi connectivity index (χ0n) is 10.6. The Morgan fingerprint density at radius 1 is 1.00 bits per heavy atom. The Morgan fingerprint density at radius 2 is 1.63 bits per heavy atom. The fraction of sp³-hybridized carbons (Fsp3) is 0.267. The van der Waals surface area contributed by atoms with Crippen LogP contribution in [-0.2, 0) is 12.8 Å². The molecule has 2 heterocycles. The predicted octanol–water partition coefficient (Wildman–Crippen LogP) is 1.95. The van der Waals surface area contributed by atoms with Crippen LogP contribution in [0.1, 0.15) is 16.8 Å². The first-order chi connectivity index (χ1) is 9.38. The van der Waals surface area contributed by atoms with E-state index in [0.29, 0.717) is 11.5 Å². The zero-order chi connectivity index (χ0) is 13.1. The van der Waals surface area contributed by atoms with Gasteiger partial charge in [-0.25, -0.2) is 9.97 Å². The molecule has 4 heteroatoms. The molecule has 19 heavy (non-hydrogen) atoms. The molecule has 0 fully saturated rings. The van der Waals surface area contributed by atoms with Crippen molar-refractivity contribution in [3.05, 3.63) is 53.5 Å². The highest BCUT2D eigenvalue weighted by Crippen LogP contribution is 2.20. The highest BCUT2D eigenvalue weighted by atomic mass is 15.2. The summed E-state index contributed by atoms with van der Waals surface area (Å²) in [4.78, 5) is 10.6. The lowest BCUT2D eigenvalue weighted by atomic mass is 10.0. The number of nitrogens with zero attached hydrogens (tertiary/aromatic N) is 4. The van der Waals surface area contributed by atoms with Crippen molar-refractivity contribution in [1.29, 1.82) is 5.26 Å². The second kappa shape index (κ2) is 5.07. The molecule has 3 rings (SSSR count). The minimum absolute atomic E-state index is 0.411. The van der Waals surface area contributed by atoms with E-state index in [2.05, 4.69) is 45.2 Å². The van der Waals surface area contributed by atoms with E-state index in [4.69, 9.17) is 5.26 Å². The molecule has 94 valence electrons. The van der Waals surface area contributed by atoms with Crippen molar-refractivity contribution in [2.24, 2.45) is 0 Å². The summed E-state index contributed by atoms with van der Waals surface area (Å²) in [6.07, 6.45) is 5.18. The Balaban J connectivity index is 1.88. The van der Waals surface area contributed by atoms with E-state index in [1.54, 1.807) is 12.4 Å². The monoisotopic (exact) mass is 250 g/mol. The van der Waals surface area contributed by atoms with Crippen LogP contribution in [0.2, 0.25) is 0 Å². The number of fused-ring (bicyclic) bond motifs is 1. The average molecular weight is 250 g/mol. The summed E-state index contributed by atoms with van der Waals surface area (Å²) in [5.41, 5.74) is 3.20. The number of rotatable bonds is 1. The van der Waals surface area contributed by atoms with Crippen molar-refractivity contribution in [2.75, 3.05) is 18.0 Å². The van der Waals surface area contributed by atoms with Gasteiger partial charge in [-0.05, 0) is 24.0 Å². The molecule has 1 aromatic carbocycles. The van der Waals surface area contributed by atoms with Crippen LogP contribution in [0.4, 0.5) is 5.82 Å². The van der Waals surface area contributed by atoms with Gasteiger partial charge in [0.1, 0.15) is 6.07 Å². The fourth-order valence-corrected chi connectivity index (χ4v) is 2.52. The molecule has 0 amide bonds. The van der Waals surface area contributed by atoms with Crippen molar-refractivity contribution >= 4 is 5.82 Å². The van der Waals surface area contributed by atoms with Gasteiger partial charge in [-0.1, -0.05) is 24.3 Å². The Hall–Kier alpha value is -2.41. The van der Waals surface area contributed by atoms with Crippen LogP contribution in [0.5, 0.6) is 0 Å². The van der Waals surface area contributed by atoms with Crippen LogP contribution in [0.3, 0.4) is 0 Å². The van der Waals surface area contributed by atoms with E-state index >= 15 is 0 Å². The summed E-state index contributed by atoms with van der Waals surface area (Å²) in [6, 6.07) is 10.6. The summed E-state index contributed by atoms with van der Waals surface area (Å²) >= 11 is 0. The van der Waals surface area contributed by atoms with E-state index in [0.717, 1.165) is 25.9 Å². The van der Waals surface area contributed by atoms with E-state index in [1.165, 1.54) is 11.1 Å². The van der Waals surface area contributed by atoms with Gasteiger partial charge in [0.2, 0.25) is 0 Å². The largest absolute Gasteiger partial charge is 0.354 e. The van der Waals surface area contributed by atoms with Crippen molar-refractivity contribution in [2.45, 2.75) is 12.8 Å². The molecule has 1 aliphatic rings. The van der Waals surface area contributed by atoms with Gasteiger partial charge in [-0.2, -0.15) is 5.26 Å². The van der Waals surface area contributed by atoms with Gasteiger partial charge >= 0.3 is 0 Å². The van der Waals surface area contributed by atoms with E-state index in [1.807, 2.05) is 0 Å². The predicted molar refractivity (Wildman–Crippen MR) is 72.8 cm³/mol. The minimum atomic E-state index is 0.411. The molecule has 1 aromatic heterocycles. The molecule has 0 unspecified atom stereocenters. The number of hydrogen-bond acceptors (Lipinski definition) is 4. The van der Waals surface area contributed by atoms with Crippen LogP contribution in [0.25, 0.3) is 0 Å². The summed E-state index contributed by atoms with van der Waals surface area (Å²) in [5, 5.41) is 9.11. The summed E-state index contributed by atoms with van der Waals surface area (Å²) in [7, 11) is 0. The van der Waals surface area contributed by atoms with Crippen LogP contribution >= 0.6 is 0 Å². The highest BCUT2D eigenvalue weighted by Gasteiger charge is 2.17. The van der Waals surface area contributed by atoms with Gasteiger partial charge in [-0.15, -0.1) is 0 Å². The maximum absolute atomic E-state index is 9.11. The number of benzene rings is 1. The van der Waals surface area contributed by atoms with Crippen molar-refractivity contribution in [3.63, 3.8) is 0 Å². The molecule has 0 aliphatic carbocycles. The van der Waals surface area contributed by atoms with Gasteiger partial charge in [0.15, 0.2) is 11.5 Å². The lowest BCUT2D eigenvalue weighted by Gasteiger charge is -2.21. The molecular weight excluding hydrogens is 236 g/mol. The number of aromatic nitrogens is 2. The second-order valence-electron chi connectivity index (χ2n) is 4.60. The maximum atomic E-state index is 9.11. The molecule has 1 aliphatic heterocycles. The molecule has 0 N–H and O–H groups in total. The first-order valence-electron chi connectivity index (χ1n) is 6.41.